The zero-order valence-corrected chi connectivity index (χ0v) is 11.6. The highest BCUT2D eigenvalue weighted by atomic mass is 79.9. The van der Waals surface area contributed by atoms with Gasteiger partial charge in [0, 0.05) is 5.56 Å². The molecule has 1 aromatic carbocycles. The largest absolute Gasteiger partial charge is 0.495 e. The number of halogens is 1. The molecule has 0 bridgehead atoms. The maximum absolute atomic E-state index is 10.8. The number of rotatable bonds is 5. The Balaban J connectivity index is 3.39. The van der Waals surface area contributed by atoms with Gasteiger partial charge in [-0.2, -0.15) is 0 Å². The standard InChI is InChI=1S/C12H15BrO4/c1-4-7-5-8(6-9(14)15)12(17-3)10(13)11(7)16-2/h5H,4,6H2,1-3H3,(H,14,15). The summed E-state index contributed by atoms with van der Waals surface area (Å²) in [6.45, 7) is 1.99. The van der Waals surface area contributed by atoms with Gasteiger partial charge in [-0.25, -0.2) is 0 Å². The Morgan fingerprint density at radius 1 is 1.29 bits per heavy atom. The molecule has 0 heterocycles. The number of carboxylic acid groups (broad SMARTS) is 1. The van der Waals surface area contributed by atoms with Crippen molar-refractivity contribution in [1.29, 1.82) is 0 Å². The summed E-state index contributed by atoms with van der Waals surface area (Å²) in [5, 5.41) is 8.87. The van der Waals surface area contributed by atoms with Crippen LogP contribution in [0.2, 0.25) is 0 Å². The summed E-state index contributed by atoms with van der Waals surface area (Å²) in [7, 11) is 3.09. The summed E-state index contributed by atoms with van der Waals surface area (Å²) >= 11 is 3.39. The molecule has 0 unspecified atom stereocenters. The number of hydrogen-bond acceptors (Lipinski definition) is 3. The topological polar surface area (TPSA) is 55.8 Å². The van der Waals surface area contributed by atoms with Gasteiger partial charge in [-0.05, 0) is 34.0 Å². The minimum absolute atomic E-state index is 0.0707. The summed E-state index contributed by atoms with van der Waals surface area (Å²) in [6.07, 6.45) is 0.692. The van der Waals surface area contributed by atoms with Crippen LogP contribution in [0.4, 0.5) is 0 Å². The molecule has 0 fully saturated rings. The van der Waals surface area contributed by atoms with Crippen molar-refractivity contribution in [1.82, 2.24) is 0 Å². The molecule has 0 radical (unpaired) electrons. The molecule has 0 aliphatic heterocycles. The molecule has 0 saturated heterocycles. The van der Waals surface area contributed by atoms with Crippen LogP contribution in [0.25, 0.3) is 0 Å². The average Bonchev–Trinajstić information content (AvgIpc) is 2.28. The van der Waals surface area contributed by atoms with Gasteiger partial charge in [0.1, 0.15) is 16.0 Å². The predicted octanol–water partition coefficient (Wildman–Crippen LogP) is 2.66. The van der Waals surface area contributed by atoms with E-state index in [2.05, 4.69) is 15.9 Å². The number of carboxylic acids is 1. The molecule has 0 aliphatic carbocycles. The molecule has 94 valence electrons. The van der Waals surface area contributed by atoms with Gasteiger partial charge in [0.15, 0.2) is 0 Å². The number of hydrogen-bond donors (Lipinski definition) is 1. The van der Waals surface area contributed by atoms with Gasteiger partial charge in [-0.1, -0.05) is 6.92 Å². The maximum Gasteiger partial charge on any atom is 0.307 e. The number of aryl methyl sites for hydroxylation is 1. The summed E-state index contributed by atoms with van der Waals surface area (Å²) in [6, 6.07) is 1.82. The van der Waals surface area contributed by atoms with Gasteiger partial charge >= 0.3 is 5.97 Å². The lowest BCUT2D eigenvalue weighted by Crippen LogP contribution is -2.05. The number of carbonyl (C=O) groups is 1. The zero-order valence-electron chi connectivity index (χ0n) is 10.0. The third kappa shape index (κ3) is 2.91. The van der Waals surface area contributed by atoms with Gasteiger partial charge < -0.3 is 14.6 Å². The van der Waals surface area contributed by atoms with E-state index in [1.54, 1.807) is 7.11 Å². The van der Waals surface area contributed by atoms with Crippen LogP contribution in [0, 0.1) is 0 Å². The van der Waals surface area contributed by atoms with Gasteiger partial charge in [0.2, 0.25) is 0 Å². The van der Waals surface area contributed by atoms with Crippen molar-refractivity contribution < 1.29 is 19.4 Å². The van der Waals surface area contributed by atoms with Gasteiger partial charge in [0.25, 0.3) is 0 Å². The SMILES string of the molecule is CCc1cc(CC(=O)O)c(OC)c(Br)c1OC. The van der Waals surface area contributed by atoms with Crippen molar-refractivity contribution in [3.8, 4) is 11.5 Å². The fourth-order valence-electron chi connectivity index (χ4n) is 1.72. The molecule has 0 amide bonds. The lowest BCUT2D eigenvalue weighted by Gasteiger charge is -2.16. The van der Waals surface area contributed by atoms with Crippen LogP contribution in [0.3, 0.4) is 0 Å². The molecule has 1 aromatic rings. The molecule has 4 nitrogen and oxygen atoms in total. The third-order valence-electron chi connectivity index (χ3n) is 2.46. The molecule has 0 aromatic heterocycles. The van der Waals surface area contributed by atoms with Crippen LogP contribution >= 0.6 is 15.9 Å². The zero-order chi connectivity index (χ0) is 13.0. The predicted molar refractivity (Wildman–Crippen MR) is 68.0 cm³/mol. The molecule has 0 spiro atoms. The van der Waals surface area contributed by atoms with Gasteiger partial charge in [-0.15, -0.1) is 0 Å². The molecule has 0 atom stereocenters. The van der Waals surface area contributed by atoms with E-state index in [0.29, 0.717) is 21.5 Å². The first-order valence-electron chi connectivity index (χ1n) is 5.19. The number of ether oxygens (including phenoxy) is 2. The first-order valence-corrected chi connectivity index (χ1v) is 5.98. The van der Waals surface area contributed by atoms with Crippen LogP contribution in [0.5, 0.6) is 11.5 Å². The normalized spacial score (nSPS) is 10.1. The molecular formula is C12H15BrO4. The first-order chi connectivity index (χ1) is 8.04. The van der Waals surface area contributed by atoms with Gasteiger partial charge in [-0.3, -0.25) is 4.79 Å². The fraction of sp³-hybridized carbons (Fsp3) is 0.417. The molecular weight excluding hydrogens is 288 g/mol. The Bertz CT molecular complexity index is 429. The highest BCUT2D eigenvalue weighted by Gasteiger charge is 2.18. The quantitative estimate of drug-likeness (QED) is 0.908. The van der Waals surface area contributed by atoms with E-state index in [4.69, 9.17) is 14.6 Å². The van der Waals surface area contributed by atoms with Crippen LogP contribution in [0.1, 0.15) is 18.1 Å². The fourth-order valence-corrected chi connectivity index (χ4v) is 2.56. The maximum atomic E-state index is 10.8. The minimum Gasteiger partial charge on any atom is -0.495 e. The second-order valence-corrected chi connectivity index (χ2v) is 4.29. The van der Waals surface area contributed by atoms with Crippen molar-refractivity contribution >= 4 is 21.9 Å². The summed E-state index contributed by atoms with van der Waals surface area (Å²) in [5.41, 5.74) is 1.60. The monoisotopic (exact) mass is 302 g/mol. The van der Waals surface area contributed by atoms with Crippen molar-refractivity contribution in [3.63, 3.8) is 0 Å². The summed E-state index contributed by atoms with van der Waals surface area (Å²) in [5.74, 6) is 0.322. The number of methoxy groups -OCH3 is 2. The van der Waals surface area contributed by atoms with Crippen molar-refractivity contribution in [2.24, 2.45) is 0 Å². The van der Waals surface area contributed by atoms with Crippen LogP contribution < -0.4 is 9.47 Å². The van der Waals surface area contributed by atoms with Crippen LogP contribution in [0.15, 0.2) is 10.5 Å². The Kier molecular flexibility index (Phi) is 4.81. The van der Waals surface area contributed by atoms with E-state index < -0.39 is 5.97 Å². The lowest BCUT2D eigenvalue weighted by molar-refractivity contribution is -0.136. The van der Waals surface area contributed by atoms with Crippen LogP contribution in [-0.2, 0) is 17.6 Å². The van der Waals surface area contributed by atoms with Crippen molar-refractivity contribution in [3.05, 3.63) is 21.7 Å². The third-order valence-corrected chi connectivity index (χ3v) is 3.18. The van der Waals surface area contributed by atoms with Crippen molar-refractivity contribution in [2.75, 3.05) is 14.2 Å². The number of benzene rings is 1. The highest BCUT2D eigenvalue weighted by molar-refractivity contribution is 9.10. The Morgan fingerprint density at radius 2 is 1.82 bits per heavy atom. The summed E-state index contributed by atoms with van der Waals surface area (Å²) < 4.78 is 11.2. The molecule has 5 heteroatoms. The molecule has 0 saturated carbocycles. The van der Waals surface area contributed by atoms with Gasteiger partial charge in [0.05, 0.1) is 20.6 Å². The minimum atomic E-state index is -0.887. The Labute approximate surface area is 109 Å². The first kappa shape index (κ1) is 13.8. The highest BCUT2D eigenvalue weighted by Crippen LogP contribution is 2.40. The smallest absolute Gasteiger partial charge is 0.307 e. The Morgan fingerprint density at radius 3 is 2.24 bits per heavy atom. The van der Waals surface area contributed by atoms with E-state index in [9.17, 15) is 4.79 Å². The molecule has 1 rings (SSSR count). The average molecular weight is 303 g/mol. The molecule has 17 heavy (non-hydrogen) atoms. The summed E-state index contributed by atoms with van der Waals surface area (Å²) in [4.78, 5) is 10.8. The second kappa shape index (κ2) is 5.91. The van der Waals surface area contributed by atoms with E-state index >= 15 is 0 Å². The molecule has 0 aliphatic rings. The van der Waals surface area contributed by atoms with E-state index in [1.807, 2.05) is 13.0 Å². The molecule has 1 N–H and O–H groups in total. The van der Waals surface area contributed by atoms with E-state index in [-0.39, 0.29) is 6.42 Å². The lowest BCUT2D eigenvalue weighted by atomic mass is 10.0. The second-order valence-electron chi connectivity index (χ2n) is 3.50. The van der Waals surface area contributed by atoms with Crippen LogP contribution in [-0.4, -0.2) is 25.3 Å². The number of aliphatic carboxylic acids is 1. The van der Waals surface area contributed by atoms with E-state index in [0.717, 1.165) is 12.0 Å². The van der Waals surface area contributed by atoms with E-state index in [1.165, 1.54) is 7.11 Å². The Hall–Kier alpha value is -1.23. The van der Waals surface area contributed by atoms with Crippen molar-refractivity contribution in [2.45, 2.75) is 19.8 Å².